The van der Waals surface area contributed by atoms with E-state index in [1.165, 1.54) is 16.8 Å². The van der Waals surface area contributed by atoms with Crippen molar-refractivity contribution in [3.63, 3.8) is 0 Å². The van der Waals surface area contributed by atoms with Crippen molar-refractivity contribution in [3.05, 3.63) is 53.3 Å². The summed E-state index contributed by atoms with van der Waals surface area (Å²) in [6.45, 7) is 0.997. The van der Waals surface area contributed by atoms with Crippen LogP contribution in [0.2, 0.25) is 0 Å². The molecule has 0 radical (unpaired) electrons. The Morgan fingerprint density at radius 3 is 2.86 bits per heavy atom. The van der Waals surface area contributed by atoms with E-state index in [0.717, 1.165) is 30.9 Å². The largest absolute Gasteiger partial charge is 0.493 e. The highest BCUT2D eigenvalue weighted by atomic mass is 16.5. The van der Waals surface area contributed by atoms with E-state index in [0.29, 0.717) is 0 Å². The number of nitrogens with zero attached hydrogens (tertiary/aromatic N) is 1. The fraction of sp³-hybridized carbons (Fsp3) is 0.353. The van der Waals surface area contributed by atoms with Crippen molar-refractivity contribution < 1.29 is 9.47 Å². The lowest BCUT2D eigenvalue weighted by Gasteiger charge is -2.26. The third kappa shape index (κ3) is 2.85. The van der Waals surface area contributed by atoms with E-state index in [1.807, 2.05) is 24.4 Å². The first kappa shape index (κ1) is 13.9. The molecule has 4 heteroatoms. The van der Waals surface area contributed by atoms with Crippen molar-refractivity contribution in [2.75, 3.05) is 20.8 Å². The van der Waals surface area contributed by atoms with E-state index in [4.69, 9.17) is 9.47 Å². The molecule has 0 spiro atoms. The maximum atomic E-state index is 5.37. The maximum absolute atomic E-state index is 5.37. The quantitative estimate of drug-likeness (QED) is 0.937. The van der Waals surface area contributed by atoms with Crippen LogP contribution in [0.5, 0.6) is 11.5 Å². The maximum Gasteiger partial charge on any atom is 0.160 e. The topological polar surface area (TPSA) is 43.4 Å². The Balaban J connectivity index is 1.85. The van der Waals surface area contributed by atoms with Crippen LogP contribution in [0.15, 0.2) is 36.5 Å². The molecule has 1 aromatic carbocycles. The minimum Gasteiger partial charge on any atom is -0.493 e. The van der Waals surface area contributed by atoms with Crippen LogP contribution < -0.4 is 14.8 Å². The predicted octanol–water partition coefficient (Wildman–Crippen LogP) is 2.53. The summed E-state index contributed by atoms with van der Waals surface area (Å²) >= 11 is 0. The summed E-state index contributed by atoms with van der Waals surface area (Å²) in [5, 5.41) is 3.56. The van der Waals surface area contributed by atoms with Crippen LogP contribution in [0, 0.1) is 0 Å². The van der Waals surface area contributed by atoms with Gasteiger partial charge in [-0.3, -0.25) is 4.98 Å². The van der Waals surface area contributed by atoms with Gasteiger partial charge in [0.1, 0.15) is 0 Å². The lowest BCUT2D eigenvalue weighted by atomic mass is 9.94. The highest BCUT2D eigenvalue weighted by Crippen LogP contribution is 2.30. The summed E-state index contributed by atoms with van der Waals surface area (Å²) in [6, 6.07) is 10.5. The van der Waals surface area contributed by atoms with Gasteiger partial charge < -0.3 is 14.8 Å². The Morgan fingerprint density at radius 2 is 2.05 bits per heavy atom. The molecule has 3 rings (SSSR count). The van der Waals surface area contributed by atoms with Gasteiger partial charge >= 0.3 is 0 Å². The predicted molar refractivity (Wildman–Crippen MR) is 81.9 cm³/mol. The molecule has 1 aliphatic rings. The minimum absolute atomic E-state index is 0.257. The average molecular weight is 284 g/mol. The van der Waals surface area contributed by atoms with Crippen LogP contribution in [0.3, 0.4) is 0 Å². The Bertz CT molecular complexity index is 628. The molecule has 1 atom stereocenters. The highest BCUT2D eigenvalue weighted by Gasteiger charge is 2.21. The molecule has 0 bridgehead atoms. The number of ether oxygens (including phenoxy) is 2. The normalized spacial score (nSPS) is 17.1. The second-order valence-electron chi connectivity index (χ2n) is 5.20. The second-order valence-corrected chi connectivity index (χ2v) is 5.20. The Morgan fingerprint density at radius 1 is 1.19 bits per heavy atom. The molecule has 0 fully saturated rings. The summed E-state index contributed by atoms with van der Waals surface area (Å²) in [5.41, 5.74) is 3.73. The molecule has 110 valence electrons. The third-order valence-electron chi connectivity index (χ3n) is 3.93. The van der Waals surface area contributed by atoms with Gasteiger partial charge in [-0.2, -0.15) is 0 Å². The monoisotopic (exact) mass is 284 g/mol. The molecule has 1 unspecified atom stereocenters. The molecule has 2 aromatic rings. The summed E-state index contributed by atoms with van der Waals surface area (Å²) in [7, 11) is 3.32. The Labute approximate surface area is 125 Å². The van der Waals surface area contributed by atoms with Gasteiger partial charge in [0.2, 0.25) is 0 Å². The number of pyridine rings is 1. The first-order chi connectivity index (χ1) is 10.3. The van der Waals surface area contributed by atoms with Gasteiger partial charge in [-0.1, -0.05) is 12.1 Å². The van der Waals surface area contributed by atoms with E-state index < -0.39 is 0 Å². The number of benzene rings is 1. The van der Waals surface area contributed by atoms with E-state index in [9.17, 15) is 0 Å². The van der Waals surface area contributed by atoms with E-state index in [1.54, 1.807) is 14.2 Å². The fourth-order valence-corrected chi connectivity index (χ4v) is 2.87. The highest BCUT2D eigenvalue weighted by molar-refractivity contribution is 5.43. The Hall–Kier alpha value is -2.07. The van der Waals surface area contributed by atoms with Crippen molar-refractivity contribution in [1.29, 1.82) is 0 Å². The average Bonchev–Trinajstić information content (AvgIpc) is 2.55. The number of aromatic nitrogens is 1. The number of rotatable bonds is 4. The second kappa shape index (κ2) is 6.14. The van der Waals surface area contributed by atoms with E-state index >= 15 is 0 Å². The summed E-state index contributed by atoms with van der Waals surface area (Å²) in [5.74, 6) is 1.53. The molecule has 0 saturated carbocycles. The van der Waals surface area contributed by atoms with Crippen LogP contribution in [0.4, 0.5) is 0 Å². The summed E-state index contributed by atoms with van der Waals surface area (Å²) in [6.07, 6.45) is 3.81. The fourth-order valence-electron chi connectivity index (χ4n) is 2.87. The van der Waals surface area contributed by atoms with Crippen LogP contribution in [-0.4, -0.2) is 25.7 Å². The van der Waals surface area contributed by atoms with Crippen LogP contribution in [0.25, 0.3) is 0 Å². The van der Waals surface area contributed by atoms with Crippen LogP contribution in [-0.2, 0) is 12.8 Å². The molecule has 2 heterocycles. The first-order valence-corrected chi connectivity index (χ1v) is 7.20. The van der Waals surface area contributed by atoms with E-state index in [2.05, 4.69) is 22.4 Å². The van der Waals surface area contributed by atoms with Crippen LogP contribution in [0.1, 0.15) is 22.9 Å². The van der Waals surface area contributed by atoms with Gasteiger partial charge in [0.25, 0.3) is 0 Å². The van der Waals surface area contributed by atoms with Crippen molar-refractivity contribution in [1.82, 2.24) is 10.3 Å². The van der Waals surface area contributed by atoms with Gasteiger partial charge in [-0.25, -0.2) is 0 Å². The van der Waals surface area contributed by atoms with Gasteiger partial charge in [0, 0.05) is 6.20 Å². The molecule has 1 N–H and O–H groups in total. The summed E-state index contributed by atoms with van der Waals surface area (Å²) in [4.78, 5) is 4.55. The first-order valence-electron chi connectivity index (χ1n) is 7.20. The zero-order chi connectivity index (χ0) is 14.7. The molecule has 0 saturated heterocycles. The molecule has 21 heavy (non-hydrogen) atoms. The Kier molecular flexibility index (Phi) is 4.06. The molecule has 0 aliphatic carbocycles. The summed E-state index contributed by atoms with van der Waals surface area (Å²) < 4.78 is 10.7. The molecule has 4 nitrogen and oxygen atoms in total. The molecular formula is C17H20N2O2. The zero-order valence-electron chi connectivity index (χ0n) is 12.4. The number of nitrogens with one attached hydrogen (secondary N) is 1. The van der Waals surface area contributed by atoms with Crippen molar-refractivity contribution in [2.24, 2.45) is 0 Å². The van der Waals surface area contributed by atoms with Gasteiger partial charge in [0.15, 0.2) is 11.5 Å². The van der Waals surface area contributed by atoms with Gasteiger partial charge in [-0.05, 0) is 48.7 Å². The van der Waals surface area contributed by atoms with E-state index in [-0.39, 0.29) is 6.04 Å². The lowest BCUT2D eigenvalue weighted by Crippen LogP contribution is -2.32. The molecule has 1 aliphatic heterocycles. The number of hydrogen-bond donors (Lipinski definition) is 1. The zero-order valence-corrected chi connectivity index (χ0v) is 12.4. The molecule has 0 amide bonds. The van der Waals surface area contributed by atoms with Crippen molar-refractivity contribution in [3.8, 4) is 11.5 Å². The SMILES string of the molecule is COc1ccc(CC2NCCc3cccnc32)cc1OC. The smallest absolute Gasteiger partial charge is 0.160 e. The third-order valence-corrected chi connectivity index (χ3v) is 3.93. The number of fused-ring (bicyclic) bond motifs is 1. The number of methoxy groups -OCH3 is 2. The minimum atomic E-state index is 0.257. The van der Waals surface area contributed by atoms with Crippen LogP contribution >= 0.6 is 0 Å². The van der Waals surface area contributed by atoms with Crippen molar-refractivity contribution >= 4 is 0 Å². The van der Waals surface area contributed by atoms with Gasteiger partial charge in [-0.15, -0.1) is 0 Å². The lowest BCUT2D eigenvalue weighted by molar-refractivity contribution is 0.354. The molecular weight excluding hydrogens is 264 g/mol. The standard InChI is InChI=1S/C17H20N2O2/c1-20-15-6-5-12(11-16(15)21-2)10-14-17-13(7-9-18-14)4-3-8-19-17/h3-6,8,11,14,18H,7,9-10H2,1-2H3. The van der Waals surface area contributed by atoms with Gasteiger partial charge in [0.05, 0.1) is 26.0 Å². The number of hydrogen-bond acceptors (Lipinski definition) is 4. The molecule has 1 aromatic heterocycles. The van der Waals surface area contributed by atoms with Crippen molar-refractivity contribution in [2.45, 2.75) is 18.9 Å².